The number of rotatable bonds is 7. The van der Waals surface area contributed by atoms with Crippen LogP contribution in [-0.2, 0) is 6.42 Å². The minimum atomic E-state index is 0.517. The number of hydrogen-bond donors (Lipinski definition) is 1. The molecule has 0 aromatic heterocycles. The first-order valence-corrected chi connectivity index (χ1v) is 7.03. The number of benzene rings is 1. The van der Waals surface area contributed by atoms with Gasteiger partial charge >= 0.3 is 0 Å². The van der Waals surface area contributed by atoms with Crippen LogP contribution in [-0.4, -0.2) is 31.7 Å². The third kappa shape index (κ3) is 4.90. The maximum atomic E-state index is 5.60. The Morgan fingerprint density at radius 3 is 2.56 bits per heavy atom. The molecule has 1 aromatic carbocycles. The number of likely N-dealkylation sites (N-methyl/N-ethyl adjacent to an activating group) is 1. The Bertz CT molecular complexity index is 286. The number of ether oxygens (including phenoxy) is 1. The van der Waals surface area contributed by atoms with Crippen LogP contribution in [0.15, 0.2) is 24.3 Å². The van der Waals surface area contributed by atoms with Crippen LogP contribution in [0.5, 0.6) is 5.75 Å². The third-order valence-corrected chi connectivity index (χ3v) is 3.09. The normalized spacial score (nSPS) is 12.4. The van der Waals surface area contributed by atoms with E-state index in [2.05, 4.69) is 42.8 Å². The Balaban J connectivity index is 2.41. The fraction of sp³-hybridized carbons (Fsp3) is 0.538. The quantitative estimate of drug-likeness (QED) is 0.739. The van der Waals surface area contributed by atoms with E-state index in [0.29, 0.717) is 6.04 Å². The molecule has 0 aliphatic carbocycles. The van der Waals surface area contributed by atoms with Crippen molar-refractivity contribution >= 4 is 11.8 Å². The average molecular weight is 239 g/mol. The van der Waals surface area contributed by atoms with Crippen molar-refractivity contribution in [1.82, 2.24) is 5.32 Å². The van der Waals surface area contributed by atoms with E-state index < -0.39 is 0 Å². The van der Waals surface area contributed by atoms with E-state index in [4.69, 9.17) is 4.74 Å². The molecule has 0 amide bonds. The van der Waals surface area contributed by atoms with Crippen molar-refractivity contribution in [2.24, 2.45) is 0 Å². The molecule has 90 valence electrons. The molecule has 0 spiro atoms. The van der Waals surface area contributed by atoms with Gasteiger partial charge in [0, 0.05) is 11.8 Å². The minimum absolute atomic E-state index is 0.517. The van der Waals surface area contributed by atoms with E-state index in [1.807, 2.05) is 7.05 Å². The molecule has 1 aromatic rings. The summed E-state index contributed by atoms with van der Waals surface area (Å²) in [7, 11) is 1.99. The molecule has 1 atom stereocenters. The van der Waals surface area contributed by atoms with Gasteiger partial charge in [0.15, 0.2) is 0 Å². The zero-order valence-corrected chi connectivity index (χ0v) is 11.1. The molecule has 1 rings (SSSR count). The summed E-state index contributed by atoms with van der Waals surface area (Å²) in [6.07, 6.45) is 3.15. The summed E-state index contributed by atoms with van der Waals surface area (Å²) in [4.78, 5) is 0. The van der Waals surface area contributed by atoms with Crippen LogP contribution < -0.4 is 10.1 Å². The zero-order valence-electron chi connectivity index (χ0n) is 10.3. The van der Waals surface area contributed by atoms with Gasteiger partial charge in [0.2, 0.25) is 0 Å². The molecule has 0 aliphatic heterocycles. The van der Waals surface area contributed by atoms with Crippen molar-refractivity contribution in [3.8, 4) is 5.75 Å². The first-order chi connectivity index (χ1) is 7.76. The van der Waals surface area contributed by atoms with E-state index >= 15 is 0 Å². The Kier molecular flexibility index (Phi) is 6.34. The lowest BCUT2D eigenvalue weighted by molar-refractivity contribution is 0.344. The second-order valence-electron chi connectivity index (χ2n) is 3.88. The Morgan fingerprint density at radius 1 is 1.31 bits per heavy atom. The largest absolute Gasteiger partial charge is 0.493 e. The molecule has 3 heteroatoms. The highest BCUT2D eigenvalue weighted by atomic mass is 32.2. The molecule has 1 unspecified atom stereocenters. The lowest BCUT2D eigenvalue weighted by atomic mass is 10.1. The third-order valence-electron chi connectivity index (χ3n) is 2.51. The van der Waals surface area contributed by atoms with Crippen molar-refractivity contribution in [2.75, 3.05) is 25.7 Å². The van der Waals surface area contributed by atoms with Gasteiger partial charge in [0.25, 0.3) is 0 Å². The first-order valence-electron chi connectivity index (χ1n) is 5.64. The van der Waals surface area contributed by atoms with Gasteiger partial charge in [-0.3, -0.25) is 0 Å². The van der Waals surface area contributed by atoms with Crippen LogP contribution in [0.4, 0.5) is 0 Å². The van der Waals surface area contributed by atoms with Gasteiger partial charge in [-0.1, -0.05) is 12.1 Å². The van der Waals surface area contributed by atoms with Gasteiger partial charge < -0.3 is 10.1 Å². The fourth-order valence-electron chi connectivity index (χ4n) is 1.42. The smallest absolute Gasteiger partial charge is 0.119 e. The van der Waals surface area contributed by atoms with Crippen molar-refractivity contribution in [1.29, 1.82) is 0 Å². The fourth-order valence-corrected chi connectivity index (χ4v) is 1.67. The van der Waals surface area contributed by atoms with Crippen molar-refractivity contribution in [3.63, 3.8) is 0 Å². The predicted molar refractivity (Wildman–Crippen MR) is 72.5 cm³/mol. The van der Waals surface area contributed by atoms with E-state index in [1.54, 1.807) is 11.8 Å². The van der Waals surface area contributed by atoms with Gasteiger partial charge in [-0.15, -0.1) is 0 Å². The second kappa shape index (κ2) is 7.58. The molecule has 0 heterocycles. The van der Waals surface area contributed by atoms with E-state index in [1.165, 1.54) is 5.56 Å². The number of nitrogens with one attached hydrogen (secondary N) is 1. The highest BCUT2D eigenvalue weighted by Crippen LogP contribution is 2.13. The zero-order chi connectivity index (χ0) is 11.8. The Labute approximate surface area is 103 Å². The Morgan fingerprint density at radius 2 is 2.00 bits per heavy atom. The highest BCUT2D eigenvalue weighted by Gasteiger charge is 2.00. The lowest BCUT2D eigenvalue weighted by Crippen LogP contribution is -2.23. The topological polar surface area (TPSA) is 21.3 Å². The van der Waals surface area contributed by atoms with Gasteiger partial charge in [-0.05, 0) is 44.3 Å². The molecular formula is C13H21NOS. The molecular weight excluding hydrogens is 218 g/mol. The summed E-state index contributed by atoms with van der Waals surface area (Å²) in [6, 6.07) is 8.91. The summed E-state index contributed by atoms with van der Waals surface area (Å²) in [5.74, 6) is 2.01. The summed E-state index contributed by atoms with van der Waals surface area (Å²) >= 11 is 1.80. The maximum Gasteiger partial charge on any atom is 0.119 e. The monoisotopic (exact) mass is 239 g/mol. The maximum absolute atomic E-state index is 5.60. The van der Waals surface area contributed by atoms with Crippen molar-refractivity contribution in [2.45, 2.75) is 19.4 Å². The molecule has 1 N–H and O–H groups in total. The molecule has 0 aliphatic rings. The summed E-state index contributed by atoms with van der Waals surface area (Å²) in [5.41, 5.74) is 1.35. The van der Waals surface area contributed by atoms with Crippen molar-refractivity contribution < 1.29 is 4.74 Å². The van der Waals surface area contributed by atoms with Crippen LogP contribution >= 0.6 is 11.8 Å². The second-order valence-corrected chi connectivity index (χ2v) is 4.86. The van der Waals surface area contributed by atoms with Gasteiger partial charge in [-0.2, -0.15) is 11.8 Å². The van der Waals surface area contributed by atoms with Gasteiger partial charge in [-0.25, -0.2) is 0 Å². The van der Waals surface area contributed by atoms with Crippen LogP contribution in [0.2, 0.25) is 0 Å². The molecule has 0 bridgehead atoms. The lowest BCUT2D eigenvalue weighted by Gasteiger charge is -2.10. The number of thioether (sulfide) groups is 1. The van der Waals surface area contributed by atoms with Gasteiger partial charge in [0.05, 0.1) is 6.61 Å². The van der Waals surface area contributed by atoms with Crippen molar-refractivity contribution in [3.05, 3.63) is 29.8 Å². The van der Waals surface area contributed by atoms with E-state index in [0.717, 1.165) is 24.5 Å². The van der Waals surface area contributed by atoms with Crippen LogP contribution in [0.1, 0.15) is 12.5 Å². The SMILES string of the molecule is CNC(C)Cc1ccc(OCCSC)cc1. The average Bonchev–Trinajstić information content (AvgIpc) is 2.31. The summed E-state index contributed by atoms with van der Waals surface area (Å²) in [6.45, 7) is 2.97. The molecule has 0 saturated heterocycles. The molecule has 0 radical (unpaired) electrons. The predicted octanol–water partition coefficient (Wildman–Crippen LogP) is 2.58. The first kappa shape index (κ1) is 13.4. The number of hydrogen-bond acceptors (Lipinski definition) is 3. The van der Waals surface area contributed by atoms with E-state index in [9.17, 15) is 0 Å². The van der Waals surface area contributed by atoms with Gasteiger partial charge in [0.1, 0.15) is 5.75 Å². The van der Waals surface area contributed by atoms with Crippen LogP contribution in [0.25, 0.3) is 0 Å². The van der Waals surface area contributed by atoms with E-state index in [-0.39, 0.29) is 0 Å². The molecule has 16 heavy (non-hydrogen) atoms. The molecule has 2 nitrogen and oxygen atoms in total. The van der Waals surface area contributed by atoms with Crippen LogP contribution in [0, 0.1) is 0 Å². The van der Waals surface area contributed by atoms with Crippen LogP contribution in [0.3, 0.4) is 0 Å². The molecule has 0 fully saturated rings. The standard InChI is InChI=1S/C13H21NOS/c1-11(14-2)10-12-4-6-13(7-5-12)15-8-9-16-3/h4-7,11,14H,8-10H2,1-3H3. The minimum Gasteiger partial charge on any atom is -0.493 e. The summed E-state index contributed by atoms with van der Waals surface area (Å²) in [5, 5.41) is 3.24. The molecule has 0 saturated carbocycles. The Hall–Kier alpha value is -0.670. The highest BCUT2D eigenvalue weighted by molar-refractivity contribution is 7.98. The summed E-state index contributed by atoms with van der Waals surface area (Å²) < 4.78 is 5.60.